The van der Waals surface area contributed by atoms with Gasteiger partial charge in [-0.3, -0.25) is 9.59 Å². The molecule has 2 amide bonds. The molecule has 0 fully saturated rings. The first kappa shape index (κ1) is 18.1. The number of hydrogen-bond acceptors (Lipinski definition) is 4. The van der Waals surface area contributed by atoms with Crippen molar-refractivity contribution in [2.45, 2.75) is 51.9 Å². The Kier molecular flexibility index (Phi) is 7.56. The lowest BCUT2D eigenvalue weighted by Crippen LogP contribution is -2.40. The van der Waals surface area contributed by atoms with Crippen LogP contribution in [0.2, 0.25) is 0 Å². The lowest BCUT2D eigenvalue weighted by molar-refractivity contribution is -0.123. The Labute approximate surface area is 131 Å². The summed E-state index contributed by atoms with van der Waals surface area (Å²) in [5, 5.41) is 5.60. The molecule has 0 heterocycles. The molecule has 0 aliphatic rings. The first-order valence-electron chi connectivity index (χ1n) is 7.62. The van der Waals surface area contributed by atoms with E-state index in [2.05, 4.69) is 10.6 Å². The highest BCUT2D eigenvalue weighted by Gasteiger charge is 2.11. The van der Waals surface area contributed by atoms with Crippen LogP contribution in [0.25, 0.3) is 0 Å². The van der Waals surface area contributed by atoms with E-state index in [1.54, 1.807) is 0 Å². The van der Waals surface area contributed by atoms with Gasteiger partial charge in [-0.05, 0) is 24.0 Å². The molecule has 6 N–H and O–H groups in total. The summed E-state index contributed by atoms with van der Waals surface area (Å²) in [5.74, 6) is -0.315. The van der Waals surface area contributed by atoms with Gasteiger partial charge in [0.1, 0.15) is 0 Å². The summed E-state index contributed by atoms with van der Waals surface area (Å²) in [6.07, 6.45) is 1.21. The Morgan fingerprint density at radius 3 is 1.73 bits per heavy atom. The molecule has 0 spiro atoms. The standard InChI is InChI=1S/C16H26N4O2/c1-3-13(17)15(21)19-9-11-6-5-7-12(8-11)10-20-16(22)14(18)4-2/h5-8,13-14H,3-4,9-10,17-18H2,1-2H3,(H,19,21)(H,20,22). The molecule has 1 rings (SSSR count). The first-order chi connectivity index (χ1) is 10.5. The van der Waals surface area contributed by atoms with Crippen LogP contribution < -0.4 is 22.1 Å². The van der Waals surface area contributed by atoms with Crippen molar-refractivity contribution >= 4 is 11.8 Å². The minimum absolute atomic E-state index is 0.157. The Morgan fingerprint density at radius 2 is 1.36 bits per heavy atom. The molecule has 0 aliphatic carbocycles. The molecule has 2 unspecified atom stereocenters. The molecule has 22 heavy (non-hydrogen) atoms. The summed E-state index contributed by atoms with van der Waals surface area (Å²) in [7, 11) is 0. The van der Waals surface area contributed by atoms with Gasteiger partial charge in [0.2, 0.25) is 11.8 Å². The molecule has 0 bridgehead atoms. The first-order valence-corrected chi connectivity index (χ1v) is 7.62. The van der Waals surface area contributed by atoms with Crippen molar-refractivity contribution in [3.8, 4) is 0 Å². The number of amides is 2. The normalized spacial score (nSPS) is 13.3. The van der Waals surface area contributed by atoms with Gasteiger partial charge in [-0.2, -0.15) is 0 Å². The highest BCUT2D eigenvalue weighted by Crippen LogP contribution is 2.05. The van der Waals surface area contributed by atoms with Crippen LogP contribution in [0.3, 0.4) is 0 Å². The summed E-state index contributed by atoms with van der Waals surface area (Å²) in [5.41, 5.74) is 13.2. The van der Waals surface area contributed by atoms with Crippen LogP contribution in [-0.2, 0) is 22.7 Å². The minimum Gasteiger partial charge on any atom is -0.351 e. The Bertz CT molecular complexity index is 463. The van der Waals surface area contributed by atoms with Crippen LogP contribution in [0.15, 0.2) is 24.3 Å². The van der Waals surface area contributed by atoms with E-state index < -0.39 is 12.1 Å². The third-order valence-corrected chi connectivity index (χ3v) is 3.48. The monoisotopic (exact) mass is 306 g/mol. The van der Waals surface area contributed by atoms with Crippen molar-refractivity contribution in [2.24, 2.45) is 11.5 Å². The number of nitrogens with one attached hydrogen (secondary N) is 2. The number of carbonyl (C=O) groups is 2. The maximum atomic E-state index is 11.6. The van der Waals surface area contributed by atoms with Gasteiger partial charge in [-0.1, -0.05) is 38.1 Å². The molecule has 6 nitrogen and oxygen atoms in total. The summed E-state index contributed by atoms with van der Waals surface area (Å²) in [6, 6.07) is 6.72. The molecule has 6 heteroatoms. The van der Waals surface area contributed by atoms with Gasteiger partial charge in [0.25, 0.3) is 0 Å². The van der Waals surface area contributed by atoms with Crippen molar-refractivity contribution in [3.63, 3.8) is 0 Å². The van der Waals surface area contributed by atoms with Gasteiger partial charge < -0.3 is 22.1 Å². The van der Waals surface area contributed by atoms with E-state index in [9.17, 15) is 9.59 Å². The lowest BCUT2D eigenvalue weighted by atomic mass is 10.1. The molecule has 1 aromatic rings. The van der Waals surface area contributed by atoms with E-state index in [1.165, 1.54) is 0 Å². The summed E-state index contributed by atoms with van der Waals surface area (Å²) >= 11 is 0. The quantitative estimate of drug-likeness (QED) is 0.557. The summed E-state index contributed by atoms with van der Waals surface area (Å²) in [4.78, 5) is 23.3. The maximum absolute atomic E-state index is 11.6. The van der Waals surface area contributed by atoms with Crippen LogP contribution in [0.5, 0.6) is 0 Å². The minimum atomic E-state index is -0.474. The molecular weight excluding hydrogens is 280 g/mol. The Morgan fingerprint density at radius 1 is 0.955 bits per heavy atom. The van der Waals surface area contributed by atoms with Gasteiger partial charge in [-0.25, -0.2) is 0 Å². The van der Waals surface area contributed by atoms with E-state index in [4.69, 9.17) is 11.5 Å². The van der Waals surface area contributed by atoms with E-state index in [0.717, 1.165) is 11.1 Å². The zero-order chi connectivity index (χ0) is 16.5. The molecule has 1 aromatic carbocycles. The van der Waals surface area contributed by atoms with Gasteiger partial charge in [0.05, 0.1) is 12.1 Å². The van der Waals surface area contributed by atoms with Crippen molar-refractivity contribution in [1.29, 1.82) is 0 Å². The smallest absolute Gasteiger partial charge is 0.237 e. The van der Waals surface area contributed by atoms with Crippen molar-refractivity contribution < 1.29 is 9.59 Å². The van der Waals surface area contributed by atoms with Crippen LogP contribution >= 0.6 is 0 Å². The molecule has 122 valence electrons. The van der Waals surface area contributed by atoms with Gasteiger partial charge in [0.15, 0.2) is 0 Å². The molecule has 2 atom stereocenters. The van der Waals surface area contributed by atoms with E-state index in [-0.39, 0.29) is 11.8 Å². The van der Waals surface area contributed by atoms with E-state index in [0.29, 0.717) is 25.9 Å². The fourth-order valence-electron chi connectivity index (χ4n) is 1.86. The highest BCUT2D eigenvalue weighted by atomic mass is 16.2. The topological polar surface area (TPSA) is 110 Å². The van der Waals surface area contributed by atoms with Gasteiger partial charge in [0, 0.05) is 13.1 Å². The average Bonchev–Trinajstić information content (AvgIpc) is 2.56. The second-order valence-corrected chi connectivity index (χ2v) is 5.29. The zero-order valence-electron chi connectivity index (χ0n) is 13.3. The fourth-order valence-corrected chi connectivity index (χ4v) is 1.86. The van der Waals surface area contributed by atoms with Gasteiger partial charge >= 0.3 is 0 Å². The SMILES string of the molecule is CCC(N)C(=O)NCc1cccc(CNC(=O)C(N)CC)c1. The molecule has 0 aliphatic heterocycles. The highest BCUT2D eigenvalue weighted by molar-refractivity contribution is 5.81. The zero-order valence-corrected chi connectivity index (χ0v) is 13.3. The Hall–Kier alpha value is -1.92. The largest absolute Gasteiger partial charge is 0.351 e. The number of carbonyl (C=O) groups excluding carboxylic acids is 2. The average molecular weight is 306 g/mol. The predicted molar refractivity (Wildman–Crippen MR) is 86.7 cm³/mol. The second kappa shape index (κ2) is 9.17. The van der Waals surface area contributed by atoms with Crippen molar-refractivity contribution in [2.75, 3.05) is 0 Å². The van der Waals surface area contributed by atoms with Crippen LogP contribution in [0.4, 0.5) is 0 Å². The number of nitrogens with two attached hydrogens (primary N) is 2. The van der Waals surface area contributed by atoms with Crippen LogP contribution in [0.1, 0.15) is 37.8 Å². The van der Waals surface area contributed by atoms with Crippen molar-refractivity contribution in [3.05, 3.63) is 35.4 Å². The molecular formula is C16H26N4O2. The third-order valence-electron chi connectivity index (χ3n) is 3.48. The van der Waals surface area contributed by atoms with E-state index in [1.807, 2.05) is 38.1 Å². The number of rotatable bonds is 8. The molecule has 0 saturated carbocycles. The number of benzene rings is 1. The third kappa shape index (κ3) is 5.83. The second-order valence-electron chi connectivity index (χ2n) is 5.29. The van der Waals surface area contributed by atoms with Crippen LogP contribution in [0, 0.1) is 0 Å². The summed E-state index contributed by atoms with van der Waals surface area (Å²) in [6.45, 7) is 4.58. The summed E-state index contributed by atoms with van der Waals surface area (Å²) < 4.78 is 0. The fraction of sp³-hybridized carbons (Fsp3) is 0.500. The maximum Gasteiger partial charge on any atom is 0.237 e. The van der Waals surface area contributed by atoms with Gasteiger partial charge in [-0.15, -0.1) is 0 Å². The number of hydrogen-bond donors (Lipinski definition) is 4. The Balaban J connectivity index is 2.52. The molecule has 0 aromatic heterocycles. The van der Waals surface area contributed by atoms with Crippen LogP contribution in [-0.4, -0.2) is 23.9 Å². The van der Waals surface area contributed by atoms with E-state index >= 15 is 0 Å². The van der Waals surface area contributed by atoms with Crippen molar-refractivity contribution in [1.82, 2.24) is 10.6 Å². The molecule has 0 radical (unpaired) electrons. The lowest BCUT2D eigenvalue weighted by Gasteiger charge is -2.12. The molecule has 0 saturated heterocycles. The predicted octanol–water partition coefficient (Wildman–Crippen LogP) is 0.394.